The first kappa shape index (κ1) is 17.5. The molecule has 0 aliphatic carbocycles. The number of hydrogen-bond donors (Lipinski definition) is 1. The molecule has 0 saturated heterocycles. The Morgan fingerprint density at radius 1 is 1.14 bits per heavy atom. The third kappa shape index (κ3) is 3.25. The number of nitrogens with one attached hydrogen (secondary N) is 1. The lowest BCUT2D eigenvalue weighted by molar-refractivity contribution is 0.238. The van der Waals surface area contributed by atoms with Crippen molar-refractivity contribution in [2.75, 3.05) is 6.54 Å². The van der Waals surface area contributed by atoms with Crippen molar-refractivity contribution in [1.29, 1.82) is 0 Å². The van der Waals surface area contributed by atoms with Gasteiger partial charge in [0.15, 0.2) is 5.43 Å². The van der Waals surface area contributed by atoms with Crippen LogP contribution in [-0.2, 0) is 19.5 Å². The van der Waals surface area contributed by atoms with Gasteiger partial charge in [-0.2, -0.15) is 0 Å². The number of pyridine rings is 1. The number of benzene rings is 1. The van der Waals surface area contributed by atoms with Crippen molar-refractivity contribution in [3.05, 3.63) is 92.5 Å². The molecule has 1 aliphatic heterocycles. The summed E-state index contributed by atoms with van der Waals surface area (Å²) in [4.78, 5) is 39.0. The summed E-state index contributed by atoms with van der Waals surface area (Å²) in [7, 11) is 0. The van der Waals surface area contributed by atoms with Crippen LogP contribution in [0.1, 0.15) is 16.8 Å². The van der Waals surface area contributed by atoms with E-state index in [0.717, 1.165) is 11.3 Å². The molecule has 0 spiro atoms. The zero-order valence-electron chi connectivity index (χ0n) is 15.6. The van der Waals surface area contributed by atoms with Gasteiger partial charge in [-0.05, 0) is 30.7 Å². The number of para-hydroxylation sites is 1. The van der Waals surface area contributed by atoms with Crippen LogP contribution in [0.5, 0.6) is 0 Å². The fourth-order valence-corrected chi connectivity index (χ4v) is 3.74. The standard InChI is InChI=1S/C22H18N4O3/c27-20-15(13-29-19-6-2-1-5-17(19)20)11-26-9-7-16-18(12-26)24-21(25-22(16)28)14-4-3-8-23-10-14/h1-6,8,10,13H,7,9,11-12H2,(H,24,25,28). The van der Waals surface area contributed by atoms with Crippen molar-refractivity contribution in [2.24, 2.45) is 0 Å². The molecule has 1 aliphatic rings. The van der Waals surface area contributed by atoms with Gasteiger partial charge in [-0.1, -0.05) is 12.1 Å². The first-order valence-electron chi connectivity index (χ1n) is 9.43. The van der Waals surface area contributed by atoms with Crippen LogP contribution in [0.25, 0.3) is 22.4 Å². The molecule has 0 atom stereocenters. The highest BCUT2D eigenvalue weighted by Gasteiger charge is 2.22. The second-order valence-corrected chi connectivity index (χ2v) is 7.13. The van der Waals surface area contributed by atoms with Crippen molar-refractivity contribution in [3.8, 4) is 11.4 Å². The number of fused-ring (bicyclic) bond motifs is 2. The van der Waals surface area contributed by atoms with Crippen molar-refractivity contribution >= 4 is 11.0 Å². The van der Waals surface area contributed by atoms with Gasteiger partial charge in [-0.15, -0.1) is 0 Å². The highest BCUT2D eigenvalue weighted by Crippen LogP contribution is 2.20. The number of rotatable bonds is 3. The van der Waals surface area contributed by atoms with Crippen LogP contribution < -0.4 is 11.0 Å². The second kappa shape index (κ2) is 7.10. The largest absolute Gasteiger partial charge is 0.464 e. The van der Waals surface area contributed by atoms with E-state index in [9.17, 15) is 9.59 Å². The zero-order chi connectivity index (χ0) is 19.8. The van der Waals surface area contributed by atoms with Crippen LogP contribution >= 0.6 is 0 Å². The minimum Gasteiger partial charge on any atom is -0.464 e. The highest BCUT2D eigenvalue weighted by molar-refractivity contribution is 5.76. The average Bonchev–Trinajstić information content (AvgIpc) is 2.76. The Hall–Kier alpha value is -3.58. The molecule has 0 bridgehead atoms. The Morgan fingerprint density at radius 2 is 2.03 bits per heavy atom. The number of aromatic nitrogens is 3. The normalized spacial score (nSPS) is 14.1. The minimum absolute atomic E-state index is 0.0208. The van der Waals surface area contributed by atoms with Gasteiger partial charge in [0.05, 0.1) is 17.3 Å². The van der Waals surface area contributed by atoms with Gasteiger partial charge < -0.3 is 9.40 Å². The third-order valence-corrected chi connectivity index (χ3v) is 5.23. The maximum Gasteiger partial charge on any atom is 0.254 e. The molecule has 7 nitrogen and oxygen atoms in total. The maximum absolute atomic E-state index is 12.8. The lowest BCUT2D eigenvalue weighted by Gasteiger charge is -2.27. The second-order valence-electron chi connectivity index (χ2n) is 7.13. The summed E-state index contributed by atoms with van der Waals surface area (Å²) in [5.74, 6) is 0.508. The third-order valence-electron chi connectivity index (χ3n) is 5.23. The number of H-pyrrole nitrogens is 1. The Kier molecular flexibility index (Phi) is 4.29. The Balaban J connectivity index is 1.45. The van der Waals surface area contributed by atoms with Crippen molar-refractivity contribution in [1.82, 2.24) is 19.9 Å². The summed E-state index contributed by atoms with van der Waals surface area (Å²) in [5, 5.41) is 0.579. The molecule has 3 aromatic heterocycles. The van der Waals surface area contributed by atoms with Crippen LogP contribution in [-0.4, -0.2) is 26.4 Å². The monoisotopic (exact) mass is 386 g/mol. The summed E-state index contributed by atoms with van der Waals surface area (Å²) in [6.07, 6.45) is 5.47. The van der Waals surface area contributed by atoms with E-state index in [1.807, 2.05) is 18.2 Å². The molecule has 0 unspecified atom stereocenters. The van der Waals surface area contributed by atoms with E-state index in [2.05, 4.69) is 19.9 Å². The van der Waals surface area contributed by atoms with Crippen LogP contribution in [0.2, 0.25) is 0 Å². The van der Waals surface area contributed by atoms with E-state index >= 15 is 0 Å². The first-order chi connectivity index (χ1) is 14.2. The van der Waals surface area contributed by atoms with E-state index in [4.69, 9.17) is 4.42 Å². The molecule has 144 valence electrons. The summed E-state index contributed by atoms with van der Waals surface area (Å²) < 4.78 is 5.63. The van der Waals surface area contributed by atoms with E-state index < -0.39 is 0 Å². The predicted octanol–water partition coefficient (Wildman–Crippen LogP) is 2.50. The van der Waals surface area contributed by atoms with Gasteiger partial charge in [0, 0.05) is 48.7 Å². The molecule has 5 rings (SSSR count). The molecule has 0 amide bonds. The molecule has 0 saturated carbocycles. The number of nitrogens with zero attached hydrogens (tertiary/aromatic N) is 3. The van der Waals surface area contributed by atoms with Crippen molar-refractivity contribution < 1.29 is 4.42 Å². The van der Waals surface area contributed by atoms with Gasteiger partial charge in [-0.25, -0.2) is 4.98 Å². The number of hydrogen-bond acceptors (Lipinski definition) is 6. The molecular weight excluding hydrogens is 368 g/mol. The van der Waals surface area contributed by atoms with Gasteiger partial charge in [0.2, 0.25) is 0 Å². The topological polar surface area (TPSA) is 92.1 Å². The van der Waals surface area contributed by atoms with E-state index in [1.165, 1.54) is 6.26 Å². The van der Waals surface area contributed by atoms with Gasteiger partial charge in [0.25, 0.3) is 5.56 Å². The van der Waals surface area contributed by atoms with Crippen molar-refractivity contribution in [3.63, 3.8) is 0 Å². The predicted molar refractivity (Wildman–Crippen MR) is 108 cm³/mol. The minimum atomic E-state index is -0.112. The summed E-state index contributed by atoms with van der Waals surface area (Å²) in [6.45, 7) is 1.62. The smallest absolute Gasteiger partial charge is 0.254 e. The molecule has 0 radical (unpaired) electrons. The molecule has 29 heavy (non-hydrogen) atoms. The molecule has 7 heteroatoms. The Bertz CT molecular complexity index is 1310. The maximum atomic E-state index is 12.8. The highest BCUT2D eigenvalue weighted by atomic mass is 16.3. The zero-order valence-corrected chi connectivity index (χ0v) is 15.6. The lowest BCUT2D eigenvalue weighted by Crippen LogP contribution is -2.36. The molecular formula is C22H18N4O3. The average molecular weight is 386 g/mol. The van der Waals surface area contributed by atoms with Gasteiger partial charge in [-0.3, -0.25) is 19.5 Å². The summed E-state index contributed by atoms with van der Waals surface area (Å²) in [5.41, 5.74) is 3.26. The first-order valence-corrected chi connectivity index (χ1v) is 9.43. The number of aromatic amines is 1. The van der Waals surface area contributed by atoms with Crippen molar-refractivity contribution in [2.45, 2.75) is 19.5 Å². The molecule has 0 fully saturated rings. The fraction of sp³-hybridized carbons (Fsp3) is 0.182. The van der Waals surface area contributed by atoms with E-state index in [1.54, 1.807) is 30.6 Å². The van der Waals surface area contributed by atoms with Crippen LogP contribution in [0, 0.1) is 0 Å². The molecule has 1 N–H and O–H groups in total. The van der Waals surface area contributed by atoms with E-state index in [0.29, 0.717) is 54.0 Å². The SMILES string of the molecule is O=c1[nH]c(-c2cccnc2)nc2c1CCN(Cc1coc3ccccc3c1=O)C2. The summed E-state index contributed by atoms with van der Waals surface area (Å²) in [6, 6.07) is 10.9. The van der Waals surface area contributed by atoms with Gasteiger partial charge >= 0.3 is 0 Å². The Morgan fingerprint density at radius 3 is 2.90 bits per heavy atom. The van der Waals surface area contributed by atoms with Crippen LogP contribution in [0.4, 0.5) is 0 Å². The lowest BCUT2D eigenvalue weighted by atomic mass is 10.1. The molecule has 4 heterocycles. The summed E-state index contributed by atoms with van der Waals surface area (Å²) >= 11 is 0. The van der Waals surface area contributed by atoms with Crippen LogP contribution in [0.15, 0.2) is 69.1 Å². The quantitative estimate of drug-likeness (QED) is 0.582. The Labute approximate surface area is 165 Å². The molecule has 4 aromatic rings. The fourth-order valence-electron chi connectivity index (χ4n) is 3.74. The van der Waals surface area contributed by atoms with E-state index in [-0.39, 0.29) is 11.0 Å². The molecule has 1 aromatic carbocycles. The van der Waals surface area contributed by atoms with Gasteiger partial charge in [0.1, 0.15) is 11.4 Å². The van der Waals surface area contributed by atoms with Crippen LogP contribution in [0.3, 0.4) is 0 Å².